The summed E-state index contributed by atoms with van der Waals surface area (Å²) in [5.41, 5.74) is 1.16. The van der Waals surface area contributed by atoms with Crippen molar-refractivity contribution in [1.82, 2.24) is 9.80 Å². The van der Waals surface area contributed by atoms with Crippen LogP contribution in [0.3, 0.4) is 0 Å². The van der Waals surface area contributed by atoms with Crippen molar-refractivity contribution in [2.75, 3.05) is 38.6 Å². The molecule has 0 radical (unpaired) electrons. The molecule has 0 spiro atoms. The van der Waals surface area contributed by atoms with Crippen molar-refractivity contribution in [3.05, 3.63) is 71.8 Å². The minimum atomic E-state index is -1.16. The summed E-state index contributed by atoms with van der Waals surface area (Å²) in [6, 6.07) is 11.3. The lowest BCUT2D eigenvalue weighted by atomic mass is 10.0. The molecule has 0 N–H and O–H groups in total. The van der Waals surface area contributed by atoms with Gasteiger partial charge in [-0.15, -0.1) is 0 Å². The van der Waals surface area contributed by atoms with Gasteiger partial charge in [-0.3, -0.25) is 4.90 Å². The Morgan fingerprint density at radius 1 is 1.08 bits per heavy atom. The van der Waals surface area contributed by atoms with Crippen molar-refractivity contribution < 1.29 is 18.0 Å². The van der Waals surface area contributed by atoms with E-state index in [-0.39, 0.29) is 32.1 Å². The molecule has 2 aromatic rings. The third kappa shape index (κ3) is 8.70. The topological polar surface area (TPSA) is 26.8 Å². The number of allylic oxidation sites excluding steroid dienone is 1. The first-order valence-electron chi connectivity index (χ1n) is 12.3. The van der Waals surface area contributed by atoms with Gasteiger partial charge in [-0.1, -0.05) is 59.4 Å². The molecule has 36 heavy (non-hydrogen) atoms. The van der Waals surface area contributed by atoms with Crippen molar-refractivity contribution in [3.8, 4) is 0 Å². The Morgan fingerprint density at radius 3 is 2.25 bits per heavy atom. The molecular weight excluding hydrogens is 463 g/mol. The lowest BCUT2D eigenvalue weighted by Gasteiger charge is -2.39. The first-order chi connectivity index (χ1) is 16.8. The molecule has 0 aromatic heterocycles. The van der Waals surface area contributed by atoms with Crippen molar-refractivity contribution >= 4 is 17.3 Å². The Kier molecular flexibility index (Phi) is 15.5. The van der Waals surface area contributed by atoms with Crippen molar-refractivity contribution in [3.63, 3.8) is 0 Å². The summed E-state index contributed by atoms with van der Waals surface area (Å²) in [6.45, 7) is 10.7. The van der Waals surface area contributed by atoms with E-state index < -0.39 is 23.8 Å². The average molecular weight is 508 g/mol. The fourth-order valence-electron chi connectivity index (χ4n) is 3.94. The minimum absolute atomic E-state index is 0. The van der Waals surface area contributed by atoms with E-state index in [0.717, 1.165) is 18.2 Å². The van der Waals surface area contributed by atoms with Gasteiger partial charge in [0.25, 0.3) is 0 Å². The maximum absolute atomic E-state index is 14.7. The maximum Gasteiger partial charge on any atom is 0.324 e. The summed E-state index contributed by atoms with van der Waals surface area (Å²) in [6.07, 6.45) is 1.03. The minimum Gasteiger partial charge on any atom is -0.321 e. The van der Waals surface area contributed by atoms with Crippen LogP contribution >= 0.6 is 0 Å². The molecule has 7 heteroatoms. The van der Waals surface area contributed by atoms with Crippen LogP contribution in [0.1, 0.15) is 54.0 Å². The van der Waals surface area contributed by atoms with Crippen molar-refractivity contribution in [2.24, 2.45) is 0 Å². The van der Waals surface area contributed by atoms with E-state index in [4.69, 9.17) is 0 Å². The SMILES string of the molecule is C.C/C=C(\CN(C(=O)N(C)C1CCN(C)CC1F)c1ccccc1)c1cc(F)ccc1F.CC.CC. The zero-order valence-corrected chi connectivity index (χ0v) is 22.1. The van der Waals surface area contributed by atoms with Crippen molar-refractivity contribution in [1.29, 1.82) is 0 Å². The molecule has 2 atom stereocenters. The van der Waals surface area contributed by atoms with Crippen LogP contribution in [-0.4, -0.2) is 61.8 Å². The van der Waals surface area contributed by atoms with Gasteiger partial charge >= 0.3 is 6.03 Å². The van der Waals surface area contributed by atoms with Gasteiger partial charge < -0.3 is 9.80 Å². The van der Waals surface area contributed by atoms with Gasteiger partial charge in [0.2, 0.25) is 0 Å². The number of carbonyl (C=O) groups is 1. The van der Waals surface area contributed by atoms with Gasteiger partial charge in [0.1, 0.15) is 17.8 Å². The molecule has 1 aliphatic heterocycles. The monoisotopic (exact) mass is 507 g/mol. The van der Waals surface area contributed by atoms with Crippen LogP contribution in [0, 0.1) is 11.6 Å². The third-order valence-electron chi connectivity index (χ3n) is 5.76. The number of anilines is 1. The molecule has 0 saturated carbocycles. The van der Waals surface area contributed by atoms with E-state index in [1.807, 2.05) is 45.7 Å². The Hall–Kier alpha value is -2.80. The van der Waals surface area contributed by atoms with Crippen LogP contribution in [0.4, 0.5) is 23.7 Å². The summed E-state index contributed by atoms with van der Waals surface area (Å²) in [5.74, 6) is -1.13. The van der Waals surface area contributed by atoms with E-state index in [0.29, 0.717) is 24.2 Å². The Morgan fingerprint density at radius 2 is 1.69 bits per heavy atom. The number of hydrogen-bond donors (Lipinski definition) is 0. The molecule has 3 rings (SSSR count). The van der Waals surface area contributed by atoms with Crippen LogP contribution in [-0.2, 0) is 0 Å². The number of amides is 2. The highest BCUT2D eigenvalue weighted by molar-refractivity contribution is 5.94. The standard InChI is InChI=1S/C24H28F3N3O.2C2H6.CH4/c1-4-17(20-14-18(25)10-11-21(20)26)15-30(19-8-6-5-7-9-19)24(31)29(3)23-12-13-28(2)16-22(23)27;2*1-2;/h4-11,14,22-23H,12-13,15-16H2,1-3H3;2*1-2H3;1H4/b17-4+;;;. The number of nitrogens with zero attached hydrogens (tertiary/aromatic N) is 3. The second-order valence-corrected chi connectivity index (χ2v) is 7.89. The van der Waals surface area contributed by atoms with E-state index in [1.54, 1.807) is 44.3 Å². The highest BCUT2D eigenvalue weighted by Crippen LogP contribution is 2.26. The molecule has 1 heterocycles. The number of alkyl halides is 1. The molecular formula is C29H44F3N3O. The molecule has 0 aliphatic carbocycles. The number of hydrogen-bond acceptors (Lipinski definition) is 2. The van der Waals surface area contributed by atoms with Gasteiger partial charge in [0.05, 0.1) is 12.6 Å². The summed E-state index contributed by atoms with van der Waals surface area (Å²) in [7, 11) is 3.45. The molecule has 1 fully saturated rings. The molecule has 202 valence electrons. The molecule has 2 aromatic carbocycles. The van der Waals surface area contributed by atoms with Gasteiger partial charge in [-0.2, -0.15) is 0 Å². The molecule has 1 aliphatic rings. The Bertz CT molecular complexity index is 937. The molecule has 2 unspecified atom stereocenters. The lowest BCUT2D eigenvalue weighted by Crippen LogP contribution is -2.55. The van der Waals surface area contributed by atoms with E-state index in [9.17, 15) is 18.0 Å². The second-order valence-electron chi connectivity index (χ2n) is 7.89. The first kappa shape index (κ1) is 33.2. The number of benzene rings is 2. The highest BCUT2D eigenvalue weighted by atomic mass is 19.1. The van der Waals surface area contributed by atoms with Crippen LogP contribution in [0.15, 0.2) is 54.6 Å². The molecule has 2 amide bonds. The van der Waals surface area contributed by atoms with Crippen LogP contribution < -0.4 is 4.90 Å². The van der Waals surface area contributed by atoms with Gasteiger partial charge in [-0.25, -0.2) is 18.0 Å². The molecule has 1 saturated heterocycles. The predicted octanol–water partition coefficient (Wildman–Crippen LogP) is 7.66. The van der Waals surface area contributed by atoms with Crippen molar-refractivity contribution in [2.45, 2.75) is 60.7 Å². The van der Waals surface area contributed by atoms with Crippen LogP contribution in [0.25, 0.3) is 5.57 Å². The Balaban J connectivity index is 0.00000233. The third-order valence-corrected chi connectivity index (χ3v) is 5.76. The normalized spacial score (nSPS) is 17.4. The number of piperidine rings is 1. The van der Waals surface area contributed by atoms with Gasteiger partial charge in [-0.05, 0) is 56.3 Å². The predicted molar refractivity (Wildman–Crippen MR) is 147 cm³/mol. The van der Waals surface area contributed by atoms with E-state index in [2.05, 4.69) is 0 Å². The lowest BCUT2D eigenvalue weighted by molar-refractivity contribution is 0.0740. The summed E-state index contributed by atoms with van der Waals surface area (Å²) >= 11 is 0. The number of urea groups is 1. The molecule has 0 bridgehead atoms. The largest absolute Gasteiger partial charge is 0.324 e. The number of halogens is 3. The highest BCUT2D eigenvalue weighted by Gasteiger charge is 2.35. The maximum atomic E-state index is 14.7. The van der Waals surface area contributed by atoms with Crippen LogP contribution in [0.5, 0.6) is 0 Å². The zero-order chi connectivity index (χ0) is 26.5. The number of para-hydroxylation sites is 1. The summed E-state index contributed by atoms with van der Waals surface area (Å²) in [5, 5.41) is 0. The number of rotatable bonds is 5. The summed E-state index contributed by atoms with van der Waals surface area (Å²) in [4.78, 5) is 18.3. The van der Waals surface area contributed by atoms with Crippen LogP contribution in [0.2, 0.25) is 0 Å². The quantitative estimate of drug-likeness (QED) is 0.415. The van der Waals surface area contributed by atoms with Gasteiger partial charge in [0, 0.05) is 31.4 Å². The number of carbonyl (C=O) groups excluding carboxylic acids is 1. The zero-order valence-electron chi connectivity index (χ0n) is 22.1. The Labute approximate surface area is 216 Å². The summed E-state index contributed by atoms with van der Waals surface area (Å²) < 4.78 is 42.9. The average Bonchev–Trinajstić information content (AvgIpc) is 2.88. The number of likely N-dealkylation sites (tertiary alicyclic amines) is 1. The van der Waals surface area contributed by atoms with Gasteiger partial charge in [0.15, 0.2) is 0 Å². The van der Waals surface area contributed by atoms with E-state index in [1.165, 1.54) is 9.80 Å². The fraction of sp³-hybridized carbons (Fsp3) is 0.483. The van der Waals surface area contributed by atoms with E-state index >= 15 is 0 Å². The fourth-order valence-corrected chi connectivity index (χ4v) is 3.94. The second kappa shape index (κ2) is 16.8. The molecule has 4 nitrogen and oxygen atoms in total. The smallest absolute Gasteiger partial charge is 0.321 e. The first-order valence-corrected chi connectivity index (χ1v) is 12.3.